The van der Waals surface area contributed by atoms with E-state index in [0.29, 0.717) is 11.3 Å². The van der Waals surface area contributed by atoms with Crippen LogP contribution in [0.25, 0.3) is 0 Å². The van der Waals surface area contributed by atoms with E-state index in [4.69, 9.17) is 5.11 Å². The SMILES string of the molecule is C=C/C=C1/C=C(C(=O)O)CN([SH](=O)=O)/C1=C/C. The normalized spacial score (nSPS) is 20.8. The molecule has 1 aliphatic rings. The van der Waals surface area contributed by atoms with Crippen molar-refractivity contribution in [1.29, 1.82) is 0 Å². The minimum absolute atomic E-state index is 0.0305. The lowest BCUT2D eigenvalue weighted by molar-refractivity contribution is -0.132. The minimum atomic E-state index is -2.87. The molecule has 1 aliphatic heterocycles. The molecule has 0 bridgehead atoms. The monoisotopic (exact) mass is 255 g/mol. The Balaban J connectivity index is 3.36. The number of aliphatic carboxylic acids is 1. The summed E-state index contributed by atoms with van der Waals surface area (Å²) in [5.41, 5.74) is 1.01. The Morgan fingerprint density at radius 1 is 1.59 bits per heavy atom. The highest BCUT2D eigenvalue weighted by Gasteiger charge is 2.24. The molecule has 0 saturated heterocycles. The van der Waals surface area contributed by atoms with Gasteiger partial charge in [0.25, 0.3) is 0 Å². The van der Waals surface area contributed by atoms with Gasteiger partial charge in [-0.2, -0.15) is 0 Å². The molecular weight excluding hydrogens is 242 g/mol. The Morgan fingerprint density at radius 3 is 2.65 bits per heavy atom. The first-order valence-corrected chi connectivity index (χ1v) is 5.99. The van der Waals surface area contributed by atoms with Crippen LogP contribution in [0, 0.1) is 0 Å². The van der Waals surface area contributed by atoms with Crippen LogP contribution >= 0.6 is 0 Å². The van der Waals surface area contributed by atoms with Crippen molar-refractivity contribution >= 4 is 16.9 Å². The van der Waals surface area contributed by atoms with Gasteiger partial charge in [-0.1, -0.05) is 24.8 Å². The molecule has 5 nitrogen and oxygen atoms in total. The molecule has 1 rings (SSSR count). The quantitative estimate of drug-likeness (QED) is 0.733. The lowest BCUT2D eigenvalue weighted by atomic mass is 10.0. The summed E-state index contributed by atoms with van der Waals surface area (Å²) in [5, 5.41) is 8.92. The number of nitrogens with zero attached hydrogens (tertiary/aromatic N) is 1. The van der Waals surface area contributed by atoms with Gasteiger partial charge in [0.05, 0.1) is 17.8 Å². The third-order valence-corrected chi connectivity index (χ3v) is 3.02. The highest BCUT2D eigenvalue weighted by atomic mass is 32.2. The van der Waals surface area contributed by atoms with E-state index in [0.717, 1.165) is 4.31 Å². The van der Waals surface area contributed by atoms with Crippen molar-refractivity contribution in [2.45, 2.75) is 6.92 Å². The van der Waals surface area contributed by atoms with Crippen molar-refractivity contribution in [1.82, 2.24) is 4.31 Å². The highest BCUT2D eigenvalue weighted by molar-refractivity contribution is 7.70. The average molecular weight is 255 g/mol. The van der Waals surface area contributed by atoms with Gasteiger partial charge in [0.15, 0.2) is 0 Å². The van der Waals surface area contributed by atoms with Gasteiger partial charge in [-0.15, -0.1) is 0 Å². The van der Waals surface area contributed by atoms with Crippen molar-refractivity contribution in [3.63, 3.8) is 0 Å². The molecule has 0 aliphatic carbocycles. The number of allylic oxidation sites excluding steroid dienone is 4. The summed E-state index contributed by atoms with van der Waals surface area (Å²) in [4.78, 5) is 10.9. The molecule has 0 fully saturated rings. The fourth-order valence-corrected chi connectivity index (χ4v) is 2.23. The summed E-state index contributed by atoms with van der Waals surface area (Å²) >= 11 is 0. The molecule has 0 spiro atoms. The Labute approximate surface area is 101 Å². The van der Waals surface area contributed by atoms with Crippen LogP contribution in [-0.2, 0) is 15.7 Å². The van der Waals surface area contributed by atoms with E-state index < -0.39 is 16.9 Å². The first kappa shape index (κ1) is 13.2. The molecule has 0 radical (unpaired) electrons. The zero-order valence-electron chi connectivity index (χ0n) is 9.29. The molecule has 92 valence electrons. The third-order valence-electron chi connectivity index (χ3n) is 2.27. The zero-order chi connectivity index (χ0) is 13.0. The molecule has 17 heavy (non-hydrogen) atoms. The zero-order valence-corrected chi connectivity index (χ0v) is 10.2. The fraction of sp³-hybridized carbons (Fsp3) is 0.182. The van der Waals surface area contributed by atoms with Crippen LogP contribution < -0.4 is 0 Å². The Morgan fingerprint density at radius 2 is 2.24 bits per heavy atom. The van der Waals surface area contributed by atoms with Crippen LogP contribution in [0.1, 0.15) is 6.92 Å². The molecule has 1 N–H and O–H groups in total. The summed E-state index contributed by atoms with van der Waals surface area (Å²) in [6.07, 6.45) is 6.13. The van der Waals surface area contributed by atoms with Gasteiger partial charge in [0.2, 0.25) is 10.9 Å². The van der Waals surface area contributed by atoms with Crippen molar-refractivity contribution in [2.75, 3.05) is 6.54 Å². The Hall–Kier alpha value is -1.82. The summed E-state index contributed by atoms with van der Waals surface area (Å²) in [7, 11) is -2.87. The van der Waals surface area contributed by atoms with Crippen LogP contribution in [0.2, 0.25) is 0 Å². The van der Waals surface area contributed by atoms with Gasteiger partial charge in [0, 0.05) is 0 Å². The van der Waals surface area contributed by atoms with Gasteiger partial charge in [-0.05, 0) is 18.6 Å². The second-order valence-electron chi connectivity index (χ2n) is 3.30. The van der Waals surface area contributed by atoms with Gasteiger partial charge in [0.1, 0.15) is 0 Å². The first-order valence-electron chi connectivity index (χ1n) is 4.86. The van der Waals surface area contributed by atoms with E-state index >= 15 is 0 Å². The summed E-state index contributed by atoms with van der Waals surface area (Å²) in [6.45, 7) is 5.06. The van der Waals surface area contributed by atoms with Crippen molar-refractivity contribution in [2.24, 2.45) is 0 Å². The van der Waals surface area contributed by atoms with E-state index in [1.165, 1.54) is 12.2 Å². The molecule has 0 atom stereocenters. The van der Waals surface area contributed by atoms with Crippen LogP contribution in [0.4, 0.5) is 0 Å². The number of carboxylic acids is 1. The second kappa shape index (κ2) is 5.49. The topological polar surface area (TPSA) is 74.7 Å². The average Bonchev–Trinajstić information content (AvgIpc) is 2.28. The van der Waals surface area contributed by atoms with Gasteiger partial charge in [-0.3, -0.25) is 4.31 Å². The molecule has 0 aromatic heterocycles. The molecular formula is C11H13NO4S. The molecule has 0 aromatic rings. The van der Waals surface area contributed by atoms with Gasteiger partial charge < -0.3 is 5.11 Å². The first-order chi connectivity index (χ1) is 8.01. The Bertz CT molecular complexity index is 504. The van der Waals surface area contributed by atoms with Crippen molar-refractivity contribution in [3.8, 4) is 0 Å². The molecule has 0 unspecified atom stereocenters. The number of rotatable bonds is 3. The van der Waals surface area contributed by atoms with E-state index in [1.54, 1.807) is 19.1 Å². The summed E-state index contributed by atoms with van der Waals surface area (Å²) < 4.78 is 23.2. The predicted molar refractivity (Wildman–Crippen MR) is 64.8 cm³/mol. The smallest absolute Gasteiger partial charge is 0.333 e. The number of hydrogen-bond acceptors (Lipinski definition) is 3. The fourth-order valence-electron chi connectivity index (χ4n) is 1.55. The molecule has 0 saturated carbocycles. The largest absolute Gasteiger partial charge is 0.478 e. The lowest BCUT2D eigenvalue weighted by Crippen LogP contribution is -2.30. The minimum Gasteiger partial charge on any atom is -0.478 e. The molecule has 1 heterocycles. The van der Waals surface area contributed by atoms with Crippen LogP contribution in [0.15, 0.2) is 47.7 Å². The maximum atomic E-state index is 11.1. The number of carboxylic acid groups (broad SMARTS) is 1. The van der Waals surface area contributed by atoms with Crippen LogP contribution in [0.3, 0.4) is 0 Å². The van der Waals surface area contributed by atoms with E-state index in [2.05, 4.69) is 6.58 Å². The van der Waals surface area contributed by atoms with Gasteiger partial charge >= 0.3 is 5.97 Å². The van der Waals surface area contributed by atoms with Crippen LogP contribution in [-0.4, -0.2) is 30.3 Å². The number of thiol groups is 1. The van der Waals surface area contributed by atoms with Crippen LogP contribution in [0.5, 0.6) is 0 Å². The van der Waals surface area contributed by atoms with E-state index in [1.807, 2.05) is 0 Å². The maximum absolute atomic E-state index is 11.1. The second-order valence-corrected chi connectivity index (χ2v) is 4.26. The highest BCUT2D eigenvalue weighted by Crippen LogP contribution is 2.25. The van der Waals surface area contributed by atoms with Crippen molar-refractivity contribution < 1.29 is 18.3 Å². The van der Waals surface area contributed by atoms with Crippen molar-refractivity contribution in [3.05, 3.63) is 47.7 Å². The predicted octanol–water partition coefficient (Wildman–Crippen LogP) is 0.856. The maximum Gasteiger partial charge on any atom is 0.333 e. The molecule has 0 amide bonds. The molecule has 6 heteroatoms. The molecule has 0 aromatic carbocycles. The summed E-state index contributed by atoms with van der Waals surface area (Å²) in [5.74, 6) is -1.13. The van der Waals surface area contributed by atoms with E-state index in [-0.39, 0.29) is 12.1 Å². The van der Waals surface area contributed by atoms with E-state index in [9.17, 15) is 13.2 Å². The van der Waals surface area contributed by atoms with Gasteiger partial charge in [-0.25, -0.2) is 13.2 Å². The third kappa shape index (κ3) is 2.85. The lowest BCUT2D eigenvalue weighted by Gasteiger charge is -2.26. The standard InChI is InChI=1S/C11H13NO4S/c1-3-5-8-6-9(11(13)14)7-12(17(15)16)10(8)4-2/h3-6,17H,1,7H2,2H3,(H,13,14)/b8-5-,10-4+. The number of carbonyl (C=O) groups is 1. The summed E-state index contributed by atoms with van der Waals surface area (Å²) in [6, 6.07) is 0. The number of hydrogen-bond donors (Lipinski definition) is 2. The Kier molecular flexibility index (Phi) is 4.28.